The lowest BCUT2D eigenvalue weighted by atomic mass is 10.1. The molecule has 12 heteroatoms. The van der Waals surface area contributed by atoms with Gasteiger partial charge in [-0.05, 0) is 79.9 Å². The van der Waals surface area contributed by atoms with Crippen LogP contribution in [0.2, 0.25) is 0 Å². The smallest absolute Gasteiger partial charge is 0.318 e. The zero-order chi connectivity index (χ0) is 31.4. The van der Waals surface area contributed by atoms with E-state index in [0.717, 1.165) is 45.7 Å². The molecule has 44 heavy (non-hydrogen) atoms. The predicted octanol–water partition coefficient (Wildman–Crippen LogP) is 6.45. The first kappa shape index (κ1) is 29.3. The van der Waals surface area contributed by atoms with Gasteiger partial charge in [0.1, 0.15) is 17.4 Å². The second-order valence-corrected chi connectivity index (χ2v) is 9.96. The second-order valence-electron chi connectivity index (χ2n) is 9.96. The van der Waals surface area contributed by atoms with E-state index in [2.05, 4.69) is 10.3 Å². The molecule has 0 saturated carbocycles. The lowest BCUT2D eigenvalue weighted by molar-refractivity contribution is -0.394. The van der Waals surface area contributed by atoms with E-state index in [9.17, 15) is 30.3 Å². The van der Waals surface area contributed by atoms with Crippen LogP contribution >= 0.6 is 0 Å². The number of para-hydroxylation sites is 1. The highest BCUT2D eigenvalue weighted by molar-refractivity contribution is 6.01. The van der Waals surface area contributed by atoms with Gasteiger partial charge in [-0.2, -0.15) is 5.26 Å². The Hall–Kier alpha value is -6.22. The zero-order valence-corrected chi connectivity index (χ0v) is 23.7. The lowest BCUT2D eigenvalue weighted by Crippen LogP contribution is -2.26. The molecule has 3 aromatic carbocycles. The normalized spacial score (nSPS) is 11.2. The summed E-state index contributed by atoms with van der Waals surface area (Å²) in [4.78, 5) is 37.0. The number of nitro benzene ring substituents is 2. The summed E-state index contributed by atoms with van der Waals surface area (Å²) >= 11 is 0. The number of fused-ring (bicyclic) bond motifs is 1. The van der Waals surface area contributed by atoms with Gasteiger partial charge in [0.15, 0.2) is 0 Å². The topological polar surface area (TPSA) is 169 Å². The molecule has 5 rings (SSSR count). The molecule has 2 aromatic heterocycles. The summed E-state index contributed by atoms with van der Waals surface area (Å²) in [5.41, 5.74) is 4.26. The first-order chi connectivity index (χ1) is 21.2. The molecule has 5 aromatic rings. The zero-order valence-electron chi connectivity index (χ0n) is 23.7. The van der Waals surface area contributed by atoms with Crippen molar-refractivity contribution in [1.29, 1.82) is 5.26 Å². The van der Waals surface area contributed by atoms with E-state index < -0.39 is 27.1 Å². The number of hydrogen-bond acceptors (Lipinski definition) is 7. The Morgan fingerprint density at radius 3 is 2.50 bits per heavy atom. The van der Waals surface area contributed by atoms with Crippen molar-refractivity contribution < 1.29 is 19.4 Å². The van der Waals surface area contributed by atoms with E-state index in [1.54, 1.807) is 30.3 Å². The standard InChI is InChI=1S/C32H26N6O6/c1-20-15-23(16-24(18-33)32(39)34-14-13-22-19-35-29-6-4-3-5-28(22)29)21(2)36(20)25-7-10-27(11-8-25)44-31-12-9-26(37(40)41)17-30(31)38(42)43/h3-12,15-17,19,35H,13-14H2,1-2H3,(H,34,39)/b24-16-. The number of ether oxygens (including phenoxy) is 1. The van der Waals surface area contributed by atoms with Gasteiger partial charge in [0, 0.05) is 46.8 Å². The van der Waals surface area contributed by atoms with Crippen molar-refractivity contribution in [2.45, 2.75) is 20.3 Å². The molecule has 0 spiro atoms. The van der Waals surface area contributed by atoms with E-state index in [0.29, 0.717) is 24.3 Å². The van der Waals surface area contributed by atoms with Gasteiger partial charge in [0.25, 0.3) is 11.6 Å². The van der Waals surface area contributed by atoms with E-state index in [4.69, 9.17) is 4.74 Å². The number of hydrogen-bond donors (Lipinski definition) is 2. The third-order valence-electron chi connectivity index (χ3n) is 7.16. The van der Waals surface area contributed by atoms with Gasteiger partial charge < -0.3 is 19.6 Å². The number of H-pyrrole nitrogens is 1. The lowest BCUT2D eigenvalue weighted by Gasteiger charge is -2.11. The van der Waals surface area contributed by atoms with Gasteiger partial charge in [-0.1, -0.05) is 18.2 Å². The van der Waals surface area contributed by atoms with Crippen LogP contribution in [0.25, 0.3) is 22.7 Å². The number of nitro groups is 2. The van der Waals surface area contributed by atoms with Gasteiger partial charge in [-0.3, -0.25) is 25.0 Å². The monoisotopic (exact) mass is 590 g/mol. The molecule has 0 atom stereocenters. The van der Waals surface area contributed by atoms with Crippen LogP contribution in [-0.4, -0.2) is 31.8 Å². The average Bonchev–Trinajstić information content (AvgIpc) is 3.55. The Morgan fingerprint density at radius 2 is 1.80 bits per heavy atom. The van der Waals surface area contributed by atoms with Crippen LogP contribution in [0.4, 0.5) is 11.4 Å². The number of nitrogens with zero attached hydrogens (tertiary/aromatic N) is 4. The summed E-state index contributed by atoms with van der Waals surface area (Å²) in [6.07, 6.45) is 4.09. The van der Waals surface area contributed by atoms with Gasteiger partial charge in [-0.15, -0.1) is 0 Å². The molecule has 12 nitrogen and oxygen atoms in total. The first-order valence-electron chi connectivity index (χ1n) is 13.5. The van der Waals surface area contributed by atoms with Crippen molar-refractivity contribution in [3.63, 3.8) is 0 Å². The number of rotatable bonds is 10. The molecule has 2 heterocycles. The summed E-state index contributed by atoms with van der Waals surface area (Å²) in [6.45, 7) is 4.13. The predicted molar refractivity (Wildman–Crippen MR) is 164 cm³/mol. The van der Waals surface area contributed by atoms with Gasteiger partial charge in [0.2, 0.25) is 5.75 Å². The molecular formula is C32H26N6O6. The minimum atomic E-state index is -0.738. The highest BCUT2D eigenvalue weighted by Crippen LogP contribution is 2.35. The summed E-state index contributed by atoms with van der Waals surface area (Å²) < 4.78 is 7.61. The molecule has 0 radical (unpaired) electrons. The summed E-state index contributed by atoms with van der Waals surface area (Å²) in [6, 6.07) is 21.7. The summed E-state index contributed by atoms with van der Waals surface area (Å²) in [7, 11) is 0. The minimum absolute atomic E-state index is 0.0161. The molecule has 0 aliphatic carbocycles. The number of carbonyl (C=O) groups is 1. The van der Waals surface area contributed by atoms with Crippen LogP contribution < -0.4 is 10.1 Å². The van der Waals surface area contributed by atoms with Crippen LogP contribution in [0.5, 0.6) is 11.5 Å². The maximum Gasteiger partial charge on any atom is 0.318 e. The number of aromatic amines is 1. The van der Waals surface area contributed by atoms with E-state index in [1.807, 2.05) is 61.0 Å². The van der Waals surface area contributed by atoms with Gasteiger partial charge in [0.05, 0.1) is 15.9 Å². The largest absolute Gasteiger partial charge is 0.450 e. The molecule has 0 aliphatic heterocycles. The Labute approximate surface area is 251 Å². The fourth-order valence-corrected chi connectivity index (χ4v) is 5.02. The second kappa shape index (κ2) is 12.3. The number of aryl methyl sites for hydroxylation is 1. The van der Waals surface area contributed by atoms with Gasteiger partial charge in [-0.25, -0.2) is 0 Å². The highest BCUT2D eigenvalue weighted by Gasteiger charge is 2.21. The number of aromatic nitrogens is 2. The van der Waals surface area contributed by atoms with E-state index in [-0.39, 0.29) is 11.3 Å². The number of nitrogens with one attached hydrogen (secondary N) is 2. The Kier molecular flexibility index (Phi) is 8.21. The highest BCUT2D eigenvalue weighted by atomic mass is 16.6. The SMILES string of the molecule is Cc1cc(/C=C(/C#N)C(=O)NCCc2c[nH]c3ccccc23)c(C)n1-c1ccc(Oc2ccc([N+](=O)[O-])cc2[N+](=O)[O-])cc1. The Balaban J connectivity index is 1.30. The van der Waals surface area contributed by atoms with Crippen LogP contribution in [0.15, 0.2) is 84.6 Å². The number of nitriles is 1. The number of carbonyl (C=O) groups excluding carboxylic acids is 1. The van der Waals surface area contributed by atoms with Crippen LogP contribution in [0.1, 0.15) is 22.5 Å². The molecular weight excluding hydrogens is 564 g/mol. The van der Waals surface area contributed by atoms with Crippen molar-refractivity contribution in [1.82, 2.24) is 14.9 Å². The molecule has 0 unspecified atom stereocenters. The van der Waals surface area contributed by atoms with Crippen LogP contribution in [0.3, 0.4) is 0 Å². The third kappa shape index (κ3) is 6.02. The summed E-state index contributed by atoms with van der Waals surface area (Å²) in [5, 5.41) is 36.1. The molecule has 0 bridgehead atoms. The van der Waals surface area contributed by atoms with Gasteiger partial charge >= 0.3 is 5.69 Å². The maximum absolute atomic E-state index is 12.8. The van der Waals surface area contributed by atoms with Crippen molar-refractivity contribution in [3.05, 3.63) is 127 Å². The van der Waals surface area contributed by atoms with Crippen molar-refractivity contribution in [3.8, 4) is 23.3 Å². The number of amides is 1. The van der Waals surface area contributed by atoms with Crippen LogP contribution in [-0.2, 0) is 11.2 Å². The van der Waals surface area contributed by atoms with Crippen molar-refractivity contribution >= 4 is 34.3 Å². The fraction of sp³-hybridized carbons (Fsp3) is 0.125. The van der Waals surface area contributed by atoms with Crippen molar-refractivity contribution in [2.24, 2.45) is 0 Å². The molecule has 0 aliphatic rings. The number of benzene rings is 3. The van der Waals surface area contributed by atoms with Crippen LogP contribution in [0, 0.1) is 45.4 Å². The summed E-state index contributed by atoms with van der Waals surface area (Å²) in [5.74, 6) is -0.291. The molecule has 0 saturated heterocycles. The average molecular weight is 591 g/mol. The third-order valence-corrected chi connectivity index (χ3v) is 7.16. The maximum atomic E-state index is 12.8. The Bertz CT molecular complexity index is 1980. The molecule has 0 fully saturated rings. The molecule has 1 amide bonds. The Morgan fingerprint density at radius 1 is 1.05 bits per heavy atom. The van der Waals surface area contributed by atoms with E-state index in [1.165, 1.54) is 6.07 Å². The number of non-ortho nitro benzene ring substituents is 1. The minimum Gasteiger partial charge on any atom is -0.450 e. The first-order valence-corrected chi connectivity index (χ1v) is 13.5. The van der Waals surface area contributed by atoms with Crippen molar-refractivity contribution in [2.75, 3.05) is 6.54 Å². The quantitative estimate of drug-likeness (QED) is 0.0815. The molecule has 2 N–H and O–H groups in total. The van der Waals surface area contributed by atoms with E-state index >= 15 is 0 Å². The fourth-order valence-electron chi connectivity index (χ4n) is 5.02. The molecule has 220 valence electrons.